The Morgan fingerprint density at radius 2 is 0.867 bits per heavy atom. The maximum atomic E-state index is 2.88. The van der Waals surface area contributed by atoms with Gasteiger partial charge in [0, 0.05) is 0 Å². The summed E-state index contributed by atoms with van der Waals surface area (Å²) in [6.07, 6.45) is 44.7. The van der Waals surface area contributed by atoms with Gasteiger partial charge in [0.15, 0.2) is 0 Å². The number of allylic oxidation sites excluding steroid dienone is 2. The predicted molar refractivity (Wildman–Crippen MR) is 261 cm³/mol. The minimum absolute atomic E-state index is 0.621. The fourth-order valence-corrected chi connectivity index (χ4v) is 20.6. The zero-order chi connectivity index (χ0) is 42.6. The molecule has 0 saturated heterocycles. The van der Waals surface area contributed by atoms with Crippen molar-refractivity contribution in [3.63, 3.8) is 0 Å². The predicted octanol–water partition coefficient (Wildman–Crippen LogP) is 18.4. The Hall–Kier alpha value is -0.260. The summed E-state index contributed by atoms with van der Waals surface area (Å²) in [5, 5.41) is 0. The number of fused-ring (bicyclic) bond motifs is 10. The van der Waals surface area contributed by atoms with Crippen molar-refractivity contribution >= 4 is 0 Å². The van der Waals surface area contributed by atoms with Crippen LogP contribution in [0.3, 0.4) is 0 Å². The van der Waals surface area contributed by atoms with Gasteiger partial charge in [0.05, 0.1) is 0 Å². The van der Waals surface area contributed by atoms with Crippen molar-refractivity contribution in [1.82, 2.24) is 0 Å². The normalized spacial score (nSPS) is 47.9. The van der Waals surface area contributed by atoms with Crippen LogP contribution in [0.5, 0.6) is 0 Å². The molecule has 0 heterocycles. The molecule has 8 rings (SSSR count). The molecule has 0 spiro atoms. The fraction of sp³-hybridized carbons (Fsp3) is 0.967. The highest BCUT2D eigenvalue weighted by atomic mass is 14.7. The molecule has 0 aliphatic heterocycles. The van der Waals surface area contributed by atoms with Crippen molar-refractivity contribution in [3.8, 4) is 0 Å². The van der Waals surface area contributed by atoms with Crippen LogP contribution >= 0.6 is 0 Å². The van der Waals surface area contributed by atoms with Gasteiger partial charge in [0.1, 0.15) is 0 Å². The lowest BCUT2D eigenvalue weighted by atomic mass is 9.42. The highest BCUT2D eigenvalue weighted by molar-refractivity contribution is 5.13. The van der Waals surface area contributed by atoms with Crippen molar-refractivity contribution < 1.29 is 0 Å². The molecule has 0 amide bonds. The maximum absolute atomic E-state index is 2.88. The van der Waals surface area contributed by atoms with Gasteiger partial charge < -0.3 is 0 Å². The van der Waals surface area contributed by atoms with Crippen LogP contribution in [0, 0.1) is 122 Å². The molecule has 0 heteroatoms. The SMILES string of the molecule is CCC=CC[C@@H]([C@@H]1CC[C@@]2(C)C(CCC3C2CC[C@@]2(C)C3CC[C@@H]2[C@H](C)CCCC(C)C)C1)[C@H]1CC[C@@]2(C)C(CCC3C2CC[C@@]2(C)C3CC[C@@H]2[C@H](C)CCCC(C)C)C1. The third-order valence-corrected chi connectivity index (χ3v) is 23.8. The Kier molecular flexibility index (Phi) is 14.3. The van der Waals surface area contributed by atoms with E-state index in [2.05, 4.69) is 88.3 Å². The van der Waals surface area contributed by atoms with Crippen LogP contribution in [0.25, 0.3) is 0 Å². The van der Waals surface area contributed by atoms with Crippen molar-refractivity contribution in [2.45, 2.75) is 243 Å². The maximum Gasteiger partial charge on any atom is -0.0264 e. The first kappa shape index (κ1) is 46.3. The van der Waals surface area contributed by atoms with Gasteiger partial charge in [-0.15, -0.1) is 0 Å². The van der Waals surface area contributed by atoms with Crippen LogP contribution in [0.1, 0.15) is 243 Å². The van der Waals surface area contributed by atoms with Gasteiger partial charge in [-0.25, -0.2) is 0 Å². The molecule has 0 aromatic rings. The molecule has 0 aromatic heterocycles. The third-order valence-electron chi connectivity index (χ3n) is 23.8. The van der Waals surface area contributed by atoms with Gasteiger partial charge in [-0.3, -0.25) is 0 Å². The fourth-order valence-electron chi connectivity index (χ4n) is 20.6. The topological polar surface area (TPSA) is 0 Å². The molecule has 0 aromatic carbocycles. The van der Waals surface area contributed by atoms with Crippen LogP contribution in [-0.4, -0.2) is 0 Å². The summed E-state index contributed by atoms with van der Waals surface area (Å²) in [4.78, 5) is 0. The Morgan fingerprint density at radius 3 is 1.28 bits per heavy atom. The van der Waals surface area contributed by atoms with Crippen LogP contribution in [0.15, 0.2) is 12.2 Å². The highest BCUT2D eigenvalue weighted by Crippen LogP contribution is 2.71. The number of hydrogen-bond acceptors (Lipinski definition) is 0. The second kappa shape index (κ2) is 18.6. The van der Waals surface area contributed by atoms with Crippen molar-refractivity contribution in [3.05, 3.63) is 12.2 Å². The molecule has 8 aliphatic rings. The zero-order valence-electron chi connectivity index (χ0n) is 42.4. The Bertz CT molecular complexity index is 1320. The molecule has 0 bridgehead atoms. The molecule has 8 fully saturated rings. The van der Waals surface area contributed by atoms with E-state index in [1.54, 1.807) is 116 Å². The average molecular weight is 825 g/mol. The molecule has 8 unspecified atom stereocenters. The monoisotopic (exact) mass is 825 g/mol. The van der Waals surface area contributed by atoms with Crippen LogP contribution in [-0.2, 0) is 0 Å². The van der Waals surface area contributed by atoms with Gasteiger partial charge in [-0.2, -0.15) is 0 Å². The molecule has 60 heavy (non-hydrogen) atoms. The zero-order valence-corrected chi connectivity index (χ0v) is 42.4. The van der Waals surface area contributed by atoms with E-state index >= 15 is 0 Å². The van der Waals surface area contributed by atoms with Crippen molar-refractivity contribution in [2.75, 3.05) is 0 Å². The number of hydrogen-bond donors (Lipinski definition) is 0. The van der Waals surface area contributed by atoms with E-state index in [-0.39, 0.29) is 0 Å². The molecule has 8 aliphatic carbocycles. The minimum Gasteiger partial charge on any atom is -0.0888 e. The summed E-state index contributed by atoms with van der Waals surface area (Å²) in [6, 6.07) is 0. The smallest absolute Gasteiger partial charge is 0.0264 e. The third kappa shape index (κ3) is 8.40. The van der Waals surface area contributed by atoms with E-state index in [4.69, 9.17) is 0 Å². The van der Waals surface area contributed by atoms with Gasteiger partial charge >= 0.3 is 0 Å². The highest BCUT2D eigenvalue weighted by Gasteiger charge is 2.63. The molecule has 344 valence electrons. The summed E-state index contributed by atoms with van der Waals surface area (Å²) in [5.74, 6) is 16.7. The molecule has 19 atom stereocenters. The summed E-state index contributed by atoms with van der Waals surface area (Å²) in [7, 11) is 0. The molecular formula is C60H104. The largest absolute Gasteiger partial charge is 0.0888 e. The quantitative estimate of drug-likeness (QED) is 0.144. The van der Waals surface area contributed by atoms with Crippen LogP contribution in [0.2, 0.25) is 0 Å². The van der Waals surface area contributed by atoms with E-state index in [9.17, 15) is 0 Å². The van der Waals surface area contributed by atoms with E-state index < -0.39 is 0 Å². The first-order chi connectivity index (χ1) is 28.6. The molecular weight excluding hydrogens is 721 g/mol. The Balaban J connectivity index is 0.907. The van der Waals surface area contributed by atoms with Crippen molar-refractivity contribution in [1.29, 1.82) is 0 Å². The van der Waals surface area contributed by atoms with E-state index in [1.165, 1.54) is 51.4 Å². The standard InChI is InChI=1S/C60H104/c1-12-13-14-21-48(44-30-34-57(8)46(38-44)22-24-49-53-28-26-51(42(6)19-15-17-40(2)3)59(53,10)36-32-55(49)57)45-31-35-58(9)47(39-45)23-25-50-54-29-27-52(43(7)20-16-18-41(4)5)60(54,11)37-33-56(50)58/h13-14,40-56H,12,15-39H2,1-11H3/t42-,43-,44-,45+,46?,47?,48+,49?,50?,51-,52-,53?,54?,55?,56?,57+,58+,59-,60-/m1/s1. The summed E-state index contributed by atoms with van der Waals surface area (Å²) in [5.41, 5.74) is 2.50. The molecule has 0 N–H and O–H groups in total. The van der Waals surface area contributed by atoms with Crippen LogP contribution < -0.4 is 0 Å². The van der Waals surface area contributed by atoms with Crippen LogP contribution in [0.4, 0.5) is 0 Å². The second-order valence-corrected chi connectivity index (χ2v) is 27.2. The van der Waals surface area contributed by atoms with Gasteiger partial charge in [-0.05, 0) is 251 Å². The van der Waals surface area contributed by atoms with Gasteiger partial charge in [0.25, 0.3) is 0 Å². The van der Waals surface area contributed by atoms with Gasteiger partial charge in [-0.1, -0.05) is 127 Å². The average Bonchev–Trinajstić information content (AvgIpc) is 3.76. The van der Waals surface area contributed by atoms with Crippen molar-refractivity contribution in [2.24, 2.45) is 122 Å². The molecule has 0 radical (unpaired) electrons. The lowest BCUT2D eigenvalue weighted by Crippen LogP contribution is -2.55. The second-order valence-electron chi connectivity index (χ2n) is 27.2. The van der Waals surface area contributed by atoms with E-state index in [0.717, 1.165) is 101 Å². The summed E-state index contributed by atoms with van der Waals surface area (Å²) in [6.45, 7) is 28.8. The Labute approximate surface area is 376 Å². The first-order valence-electron chi connectivity index (χ1n) is 28.3. The molecule has 8 saturated carbocycles. The lowest BCUT2D eigenvalue weighted by Gasteiger charge is -2.63. The van der Waals surface area contributed by atoms with E-state index in [0.29, 0.717) is 21.7 Å². The van der Waals surface area contributed by atoms with Gasteiger partial charge in [0.2, 0.25) is 0 Å². The molecule has 0 nitrogen and oxygen atoms in total. The van der Waals surface area contributed by atoms with E-state index in [1.807, 2.05) is 0 Å². The Morgan fingerprint density at radius 1 is 0.450 bits per heavy atom. The first-order valence-corrected chi connectivity index (χ1v) is 28.3. The lowest BCUT2D eigenvalue weighted by molar-refractivity contribution is -0.136. The summed E-state index contributed by atoms with van der Waals surface area (Å²) >= 11 is 0. The number of rotatable bonds is 15. The minimum atomic E-state index is 0.621. The summed E-state index contributed by atoms with van der Waals surface area (Å²) < 4.78 is 0.